The molecule has 1 aliphatic heterocycles. The van der Waals surface area contributed by atoms with E-state index in [1.54, 1.807) is 30.0 Å². The maximum absolute atomic E-state index is 12.1. The highest BCUT2D eigenvalue weighted by atomic mass is 32.1. The normalized spacial score (nSPS) is 19.4. The van der Waals surface area contributed by atoms with Crippen LogP contribution in [-0.4, -0.2) is 45.7 Å². The molecule has 0 radical (unpaired) electrons. The molecule has 6 heteroatoms. The predicted octanol–water partition coefficient (Wildman–Crippen LogP) is 3.42. The first-order valence-electron chi connectivity index (χ1n) is 8.97. The second-order valence-corrected chi connectivity index (χ2v) is 7.66. The Labute approximate surface area is 164 Å². The third-order valence-corrected chi connectivity index (χ3v) is 5.55. The minimum atomic E-state index is -0.933. The van der Waals surface area contributed by atoms with E-state index in [2.05, 4.69) is 11.8 Å². The molecule has 0 saturated carbocycles. The Balaban J connectivity index is 1.94. The van der Waals surface area contributed by atoms with Gasteiger partial charge in [0.1, 0.15) is 4.88 Å². The first kappa shape index (κ1) is 20.9. The number of carboxylic acid groups (broad SMARTS) is 1. The van der Waals surface area contributed by atoms with Crippen LogP contribution in [0.4, 0.5) is 0 Å². The molecule has 1 amide bonds. The fourth-order valence-electron chi connectivity index (χ4n) is 2.85. The molecular formula is C21H25NO4S. The van der Waals surface area contributed by atoms with E-state index in [4.69, 9.17) is 5.11 Å². The zero-order valence-corrected chi connectivity index (χ0v) is 16.4. The Bertz CT molecular complexity index is 784. The summed E-state index contributed by atoms with van der Waals surface area (Å²) in [6.45, 7) is 4.19. The topological polar surface area (TPSA) is 77.8 Å². The molecule has 0 bridgehead atoms. The lowest BCUT2D eigenvalue weighted by molar-refractivity contribution is -0.127. The minimum Gasteiger partial charge on any atom is -0.477 e. The van der Waals surface area contributed by atoms with E-state index >= 15 is 0 Å². The van der Waals surface area contributed by atoms with Crippen molar-refractivity contribution in [3.8, 4) is 11.8 Å². The van der Waals surface area contributed by atoms with Crippen molar-refractivity contribution < 1.29 is 19.8 Å². The lowest BCUT2D eigenvalue weighted by atomic mass is 10.00. The minimum absolute atomic E-state index is 0.0285. The van der Waals surface area contributed by atoms with Crippen molar-refractivity contribution >= 4 is 29.3 Å². The fourth-order valence-corrected chi connectivity index (χ4v) is 3.63. The van der Waals surface area contributed by atoms with Crippen LogP contribution in [0.15, 0.2) is 30.4 Å². The van der Waals surface area contributed by atoms with Crippen LogP contribution in [0.5, 0.6) is 0 Å². The monoisotopic (exact) mass is 387 g/mol. The summed E-state index contributed by atoms with van der Waals surface area (Å²) in [6.07, 6.45) is 8.67. The molecule has 1 unspecified atom stereocenters. The molecule has 1 fully saturated rings. The van der Waals surface area contributed by atoms with Crippen molar-refractivity contribution in [1.82, 2.24) is 4.90 Å². The number of aliphatic hydroxyl groups is 1. The second kappa shape index (κ2) is 10.1. The number of carbonyl (C=O) groups excluding carboxylic acids is 1. The molecule has 5 nitrogen and oxygen atoms in total. The van der Waals surface area contributed by atoms with E-state index in [1.165, 1.54) is 11.3 Å². The SMILES string of the molecule is CC#CC[C@H](C)[C@H](O)C=CC1CCC(=O)N1CC=Cc1ccc(C(=O)O)s1. The highest BCUT2D eigenvalue weighted by molar-refractivity contribution is 7.14. The van der Waals surface area contributed by atoms with Crippen LogP contribution in [0, 0.1) is 17.8 Å². The smallest absolute Gasteiger partial charge is 0.345 e. The Kier molecular flexibility index (Phi) is 7.83. The highest BCUT2D eigenvalue weighted by Gasteiger charge is 2.28. The van der Waals surface area contributed by atoms with Gasteiger partial charge in [-0.2, -0.15) is 0 Å². The third-order valence-electron chi connectivity index (χ3n) is 4.51. The van der Waals surface area contributed by atoms with E-state index in [0.29, 0.717) is 24.3 Å². The van der Waals surface area contributed by atoms with Gasteiger partial charge in [0, 0.05) is 24.3 Å². The lowest BCUT2D eigenvalue weighted by Crippen LogP contribution is -2.32. The summed E-state index contributed by atoms with van der Waals surface area (Å²) >= 11 is 1.20. The summed E-state index contributed by atoms with van der Waals surface area (Å²) in [4.78, 5) is 26.0. The molecule has 0 spiro atoms. The van der Waals surface area contributed by atoms with Gasteiger partial charge in [-0.05, 0) is 37.5 Å². The van der Waals surface area contributed by atoms with Crippen LogP contribution < -0.4 is 0 Å². The first-order chi connectivity index (χ1) is 12.9. The number of likely N-dealkylation sites (tertiary alicyclic amines) is 1. The number of aliphatic hydroxyl groups excluding tert-OH is 1. The van der Waals surface area contributed by atoms with Gasteiger partial charge in [0.05, 0.1) is 12.1 Å². The molecule has 0 aromatic carbocycles. The predicted molar refractivity (Wildman–Crippen MR) is 107 cm³/mol. The van der Waals surface area contributed by atoms with Crippen molar-refractivity contribution in [3.63, 3.8) is 0 Å². The van der Waals surface area contributed by atoms with Gasteiger partial charge in [-0.3, -0.25) is 4.79 Å². The Morgan fingerprint density at radius 2 is 2.26 bits per heavy atom. The number of carbonyl (C=O) groups is 2. The number of carboxylic acids is 1. The molecule has 1 aliphatic rings. The molecule has 27 heavy (non-hydrogen) atoms. The van der Waals surface area contributed by atoms with Crippen molar-refractivity contribution in [3.05, 3.63) is 40.1 Å². The van der Waals surface area contributed by atoms with E-state index in [9.17, 15) is 14.7 Å². The van der Waals surface area contributed by atoms with Crippen molar-refractivity contribution in [2.75, 3.05) is 6.54 Å². The molecule has 2 heterocycles. The van der Waals surface area contributed by atoms with Gasteiger partial charge in [0.2, 0.25) is 5.91 Å². The van der Waals surface area contributed by atoms with Gasteiger partial charge in [-0.1, -0.05) is 25.2 Å². The van der Waals surface area contributed by atoms with Crippen LogP contribution >= 0.6 is 11.3 Å². The van der Waals surface area contributed by atoms with E-state index in [1.807, 2.05) is 25.2 Å². The standard InChI is InChI=1S/C21H25NO4S/c1-3-4-6-15(2)18(23)11-8-16-9-13-20(24)22(16)14-5-7-17-10-12-19(27-17)21(25)26/h5,7-8,10-12,15-16,18,23H,6,9,13-14H2,1-2H3,(H,25,26)/t15-,16?,18+/m0/s1. The fraction of sp³-hybridized carbons (Fsp3) is 0.429. The maximum Gasteiger partial charge on any atom is 0.345 e. The van der Waals surface area contributed by atoms with Gasteiger partial charge in [0.15, 0.2) is 0 Å². The zero-order valence-electron chi connectivity index (χ0n) is 15.6. The van der Waals surface area contributed by atoms with Crippen molar-refractivity contribution in [2.24, 2.45) is 5.92 Å². The summed E-state index contributed by atoms with van der Waals surface area (Å²) < 4.78 is 0. The summed E-state index contributed by atoms with van der Waals surface area (Å²) in [5.74, 6) is 5.00. The summed E-state index contributed by atoms with van der Waals surface area (Å²) in [6, 6.07) is 3.30. The number of amides is 1. The molecule has 0 aliphatic carbocycles. The second-order valence-electron chi connectivity index (χ2n) is 6.55. The van der Waals surface area contributed by atoms with E-state index in [0.717, 1.165) is 11.3 Å². The Morgan fingerprint density at radius 1 is 1.48 bits per heavy atom. The van der Waals surface area contributed by atoms with E-state index < -0.39 is 12.1 Å². The molecule has 1 aromatic heterocycles. The first-order valence-corrected chi connectivity index (χ1v) is 9.79. The largest absolute Gasteiger partial charge is 0.477 e. The van der Waals surface area contributed by atoms with Crippen LogP contribution in [-0.2, 0) is 4.79 Å². The van der Waals surface area contributed by atoms with Gasteiger partial charge in [0.25, 0.3) is 0 Å². The summed E-state index contributed by atoms with van der Waals surface area (Å²) in [7, 11) is 0. The van der Waals surface area contributed by atoms with E-state index in [-0.39, 0.29) is 17.9 Å². The van der Waals surface area contributed by atoms with Gasteiger partial charge in [-0.15, -0.1) is 23.2 Å². The molecule has 1 aromatic rings. The number of hydrogen-bond donors (Lipinski definition) is 2. The third kappa shape index (κ3) is 6.09. The van der Waals surface area contributed by atoms with Crippen LogP contribution in [0.3, 0.4) is 0 Å². The summed E-state index contributed by atoms with van der Waals surface area (Å²) in [5.41, 5.74) is 0. The van der Waals surface area contributed by atoms with Crippen LogP contribution in [0.1, 0.15) is 47.7 Å². The molecular weight excluding hydrogens is 362 g/mol. The number of rotatable bonds is 8. The van der Waals surface area contributed by atoms with Crippen molar-refractivity contribution in [2.45, 2.75) is 45.3 Å². The highest BCUT2D eigenvalue weighted by Crippen LogP contribution is 2.22. The molecule has 1 saturated heterocycles. The Morgan fingerprint density at radius 3 is 2.93 bits per heavy atom. The number of thiophene rings is 1. The summed E-state index contributed by atoms with van der Waals surface area (Å²) in [5, 5.41) is 19.2. The van der Waals surface area contributed by atoms with Gasteiger partial charge in [-0.25, -0.2) is 4.79 Å². The quantitative estimate of drug-likeness (QED) is 0.529. The lowest BCUT2D eigenvalue weighted by Gasteiger charge is -2.21. The molecule has 144 valence electrons. The number of nitrogens with zero attached hydrogens (tertiary/aromatic N) is 1. The van der Waals surface area contributed by atoms with Crippen LogP contribution in [0.2, 0.25) is 0 Å². The number of hydrogen-bond acceptors (Lipinski definition) is 4. The van der Waals surface area contributed by atoms with Gasteiger partial charge >= 0.3 is 5.97 Å². The average molecular weight is 388 g/mol. The average Bonchev–Trinajstić information content (AvgIpc) is 3.25. The maximum atomic E-state index is 12.1. The van der Waals surface area contributed by atoms with Gasteiger partial charge < -0.3 is 15.1 Å². The van der Waals surface area contributed by atoms with Crippen LogP contribution in [0.25, 0.3) is 6.08 Å². The number of aromatic carboxylic acids is 1. The molecule has 3 atom stereocenters. The van der Waals surface area contributed by atoms with Crippen molar-refractivity contribution in [1.29, 1.82) is 0 Å². The molecule has 2 rings (SSSR count). The zero-order chi connectivity index (χ0) is 19.8. The molecule has 2 N–H and O–H groups in total. The Hall–Kier alpha value is -2.36.